The van der Waals surface area contributed by atoms with Crippen LogP contribution in [0.4, 0.5) is 0 Å². The van der Waals surface area contributed by atoms with Gasteiger partial charge >= 0.3 is 5.95 Å². The number of oxazole rings is 1. The van der Waals surface area contributed by atoms with Crippen molar-refractivity contribution in [2.75, 3.05) is 14.2 Å². The minimum atomic E-state index is 0.242. The van der Waals surface area contributed by atoms with Crippen LogP contribution in [0.1, 0.15) is 0 Å². The van der Waals surface area contributed by atoms with Gasteiger partial charge in [0.1, 0.15) is 6.20 Å². The number of hydrogen-bond donors (Lipinski definition) is 0. The Morgan fingerprint density at radius 3 is 2.62 bits per heavy atom. The van der Waals surface area contributed by atoms with Gasteiger partial charge < -0.3 is 18.6 Å². The van der Waals surface area contributed by atoms with Crippen molar-refractivity contribution in [2.45, 2.75) is 0 Å². The first-order valence-corrected chi connectivity index (χ1v) is 4.56. The minimum Gasteiger partial charge on any atom is -0.493 e. The molecule has 0 saturated heterocycles. The van der Waals surface area contributed by atoms with Crippen LogP contribution < -0.4 is 14.2 Å². The first-order chi connectivity index (χ1) is 7.85. The Morgan fingerprint density at radius 2 is 2.00 bits per heavy atom. The lowest BCUT2D eigenvalue weighted by Gasteiger charge is -2.11. The molecule has 1 aromatic heterocycles. The normalized spacial score (nSPS) is 9.88. The zero-order valence-electron chi connectivity index (χ0n) is 8.89. The van der Waals surface area contributed by atoms with Gasteiger partial charge in [0, 0.05) is 0 Å². The number of aromatic nitrogens is 1. The molecule has 0 atom stereocenters. The molecular weight excluding hydrogens is 210 g/mol. The van der Waals surface area contributed by atoms with E-state index in [-0.39, 0.29) is 5.95 Å². The highest BCUT2D eigenvalue weighted by molar-refractivity contribution is 5.51. The van der Waals surface area contributed by atoms with Gasteiger partial charge in [0.25, 0.3) is 6.39 Å². The van der Waals surface area contributed by atoms with Crippen LogP contribution in [-0.4, -0.2) is 19.2 Å². The van der Waals surface area contributed by atoms with E-state index >= 15 is 0 Å². The molecule has 0 spiro atoms. The van der Waals surface area contributed by atoms with Crippen molar-refractivity contribution >= 4 is 0 Å². The van der Waals surface area contributed by atoms with Crippen LogP contribution in [0.25, 0.3) is 0 Å². The lowest BCUT2D eigenvalue weighted by Crippen LogP contribution is -1.93. The third kappa shape index (κ3) is 1.93. The second kappa shape index (κ2) is 4.57. The van der Waals surface area contributed by atoms with Crippen LogP contribution in [0.3, 0.4) is 0 Å². The number of para-hydroxylation sites is 1. The van der Waals surface area contributed by atoms with Crippen molar-refractivity contribution in [1.29, 1.82) is 0 Å². The van der Waals surface area contributed by atoms with Gasteiger partial charge in [0.15, 0.2) is 11.5 Å². The summed E-state index contributed by atoms with van der Waals surface area (Å²) in [5, 5.41) is 0. The molecular formula is C11H10NO4. The van der Waals surface area contributed by atoms with Gasteiger partial charge in [-0.3, -0.25) is 0 Å². The van der Waals surface area contributed by atoms with E-state index in [1.165, 1.54) is 13.3 Å². The van der Waals surface area contributed by atoms with Crippen molar-refractivity contribution < 1.29 is 18.6 Å². The molecule has 0 unspecified atom stereocenters. The SMILES string of the molecule is COc1cccc(Oc2cn[c]o2)c1OC. The van der Waals surface area contributed by atoms with Gasteiger partial charge in [-0.05, 0) is 12.1 Å². The summed E-state index contributed by atoms with van der Waals surface area (Å²) in [5.41, 5.74) is 0. The highest BCUT2D eigenvalue weighted by Gasteiger charge is 2.12. The largest absolute Gasteiger partial charge is 0.493 e. The van der Waals surface area contributed by atoms with Crippen LogP contribution in [0.2, 0.25) is 0 Å². The van der Waals surface area contributed by atoms with Crippen LogP contribution in [-0.2, 0) is 0 Å². The van der Waals surface area contributed by atoms with Crippen molar-refractivity contribution in [3.8, 4) is 23.2 Å². The zero-order chi connectivity index (χ0) is 11.4. The minimum absolute atomic E-state index is 0.242. The molecule has 5 nitrogen and oxygen atoms in total. The molecule has 1 heterocycles. The summed E-state index contributed by atoms with van der Waals surface area (Å²) in [4.78, 5) is 3.63. The summed E-state index contributed by atoms with van der Waals surface area (Å²) in [6.45, 7) is 0. The highest BCUT2D eigenvalue weighted by Crippen LogP contribution is 2.38. The summed E-state index contributed by atoms with van der Waals surface area (Å²) >= 11 is 0. The Bertz CT molecular complexity index is 453. The summed E-state index contributed by atoms with van der Waals surface area (Å²) in [6, 6.07) is 5.30. The first-order valence-electron chi connectivity index (χ1n) is 4.56. The molecule has 2 aromatic rings. The number of benzene rings is 1. The molecule has 0 amide bonds. The second-order valence-electron chi connectivity index (χ2n) is 2.86. The smallest absolute Gasteiger partial charge is 0.311 e. The predicted octanol–water partition coefficient (Wildman–Crippen LogP) is 2.28. The van der Waals surface area contributed by atoms with E-state index < -0.39 is 0 Å². The summed E-state index contributed by atoms with van der Waals surface area (Å²) in [6.07, 6.45) is 3.71. The molecule has 0 N–H and O–H groups in total. The van der Waals surface area contributed by atoms with E-state index in [0.29, 0.717) is 17.2 Å². The molecule has 0 aliphatic heterocycles. The van der Waals surface area contributed by atoms with Gasteiger partial charge in [0.05, 0.1) is 14.2 Å². The number of ether oxygens (including phenoxy) is 3. The number of methoxy groups -OCH3 is 2. The Kier molecular flexibility index (Phi) is 2.95. The van der Waals surface area contributed by atoms with Crippen molar-refractivity contribution in [1.82, 2.24) is 4.98 Å². The molecule has 2 rings (SSSR count). The van der Waals surface area contributed by atoms with Crippen LogP contribution in [0, 0.1) is 6.39 Å². The standard InChI is InChI=1S/C11H10NO4/c1-13-8-4-3-5-9(11(8)14-2)16-10-6-12-7-15-10/h3-6H,1-2H3. The molecule has 0 fully saturated rings. The first kappa shape index (κ1) is 10.4. The molecule has 1 radical (unpaired) electrons. The highest BCUT2D eigenvalue weighted by atomic mass is 16.6. The molecule has 16 heavy (non-hydrogen) atoms. The van der Waals surface area contributed by atoms with E-state index in [0.717, 1.165) is 0 Å². The summed E-state index contributed by atoms with van der Waals surface area (Å²) in [7, 11) is 3.10. The van der Waals surface area contributed by atoms with E-state index in [9.17, 15) is 0 Å². The van der Waals surface area contributed by atoms with Gasteiger partial charge in [-0.1, -0.05) is 6.07 Å². The van der Waals surface area contributed by atoms with Crippen LogP contribution >= 0.6 is 0 Å². The summed E-state index contributed by atoms with van der Waals surface area (Å²) in [5.74, 6) is 1.82. The molecule has 0 aliphatic carbocycles. The molecule has 0 bridgehead atoms. The number of nitrogens with zero attached hydrogens (tertiary/aromatic N) is 1. The van der Waals surface area contributed by atoms with Gasteiger partial charge in [-0.15, -0.1) is 0 Å². The summed E-state index contributed by atoms with van der Waals surface area (Å²) < 4.78 is 20.6. The van der Waals surface area contributed by atoms with Gasteiger partial charge in [-0.25, -0.2) is 4.98 Å². The number of hydrogen-bond acceptors (Lipinski definition) is 5. The Hall–Kier alpha value is -2.17. The lowest BCUT2D eigenvalue weighted by atomic mass is 10.3. The quantitative estimate of drug-likeness (QED) is 0.791. The fourth-order valence-electron chi connectivity index (χ4n) is 1.27. The van der Waals surface area contributed by atoms with E-state index in [1.807, 2.05) is 0 Å². The van der Waals surface area contributed by atoms with Crippen molar-refractivity contribution in [3.05, 3.63) is 30.8 Å². The maximum atomic E-state index is 5.42. The maximum absolute atomic E-state index is 5.42. The third-order valence-corrected chi connectivity index (χ3v) is 1.95. The maximum Gasteiger partial charge on any atom is 0.311 e. The van der Waals surface area contributed by atoms with Crippen molar-refractivity contribution in [2.24, 2.45) is 0 Å². The molecule has 0 aliphatic rings. The van der Waals surface area contributed by atoms with Gasteiger partial charge in [0.2, 0.25) is 5.75 Å². The molecule has 83 valence electrons. The second-order valence-corrected chi connectivity index (χ2v) is 2.86. The van der Waals surface area contributed by atoms with E-state index in [2.05, 4.69) is 11.4 Å². The Morgan fingerprint density at radius 1 is 1.19 bits per heavy atom. The average molecular weight is 220 g/mol. The van der Waals surface area contributed by atoms with Crippen molar-refractivity contribution in [3.63, 3.8) is 0 Å². The monoisotopic (exact) mass is 220 g/mol. The van der Waals surface area contributed by atoms with Crippen LogP contribution in [0.15, 0.2) is 28.8 Å². The predicted molar refractivity (Wildman–Crippen MR) is 55.0 cm³/mol. The molecule has 1 aromatic carbocycles. The van der Waals surface area contributed by atoms with Gasteiger partial charge in [-0.2, -0.15) is 0 Å². The Labute approximate surface area is 92.6 Å². The fraction of sp³-hybridized carbons (Fsp3) is 0.182. The fourth-order valence-corrected chi connectivity index (χ4v) is 1.27. The third-order valence-electron chi connectivity index (χ3n) is 1.95. The molecule has 0 saturated carbocycles. The number of rotatable bonds is 4. The molecule has 5 heteroatoms. The lowest BCUT2D eigenvalue weighted by molar-refractivity contribution is 0.306. The van der Waals surface area contributed by atoms with Crippen LogP contribution in [0.5, 0.6) is 23.2 Å². The zero-order valence-corrected chi connectivity index (χ0v) is 8.89. The topological polar surface area (TPSA) is 53.7 Å². The average Bonchev–Trinajstić information content (AvgIpc) is 2.81. The van der Waals surface area contributed by atoms with E-state index in [1.54, 1.807) is 25.3 Å². The Balaban J connectivity index is 2.33. The van der Waals surface area contributed by atoms with E-state index in [4.69, 9.17) is 18.6 Å².